The Morgan fingerprint density at radius 2 is 1.53 bits per heavy atom. The van der Waals surface area contributed by atoms with Crippen molar-refractivity contribution in [2.45, 2.75) is 69.6 Å². The first-order valence-corrected chi connectivity index (χ1v) is 7.03. The molecule has 0 saturated heterocycles. The zero-order chi connectivity index (χ0) is 14.1. The van der Waals surface area contributed by atoms with E-state index < -0.39 is 23.1 Å². The number of alkyl halides is 3. The minimum Gasteiger partial charge on any atom is -0.388 e. The second-order valence-electron chi connectivity index (χ2n) is 6.10. The number of halogens is 3. The summed E-state index contributed by atoms with van der Waals surface area (Å²) in [7, 11) is 0. The molecule has 2 aliphatic rings. The Morgan fingerprint density at radius 1 is 1.00 bits per heavy atom. The molecular formula is C14H20F3NO. The predicted molar refractivity (Wildman–Crippen MR) is 64.1 cm³/mol. The van der Waals surface area contributed by atoms with Crippen LogP contribution in [0.4, 0.5) is 13.2 Å². The number of hydrogen-bond donors (Lipinski definition) is 1. The molecule has 0 amide bonds. The number of rotatable bonds is 1. The van der Waals surface area contributed by atoms with Gasteiger partial charge in [0.1, 0.15) is 0 Å². The van der Waals surface area contributed by atoms with Gasteiger partial charge in [-0.25, -0.2) is 0 Å². The van der Waals surface area contributed by atoms with E-state index >= 15 is 0 Å². The SMILES string of the molecule is N#CC1(C2(O)CCC(C(F)(F)F)CC2)CCCCC1. The zero-order valence-electron chi connectivity index (χ0n) is 11.0. The quantitative estimate of drug-likeness (QED) is 0.787. The minimum absolute atomic E-state index is 0.0522. The maximum atomic E-state index is 12.7. The van der Waals surface area contributed by atoms with E-state index in [0.29, 0.717) is 12.8 Å². The first-order valence-electron chi connectivity index (χ1n) is 7.03. The molecule has 5 heteroatoms. The van der Waals surface area contributed by atoms with Crippen LogP contribution in [0, 0.1) is 22.7 Å². The van der Waals surface area contributed by atoms with E-state index in [4.69, 9.17) is 0 Å². The number of nitriles is 1. The monoisotopic (exact) mass is 275 g/mol. The molecule has 0 aromatic carbocycles. The highest BCUT2D eigenvalue weighted by Gasteiger charge is 2.55. The maximum absolute atomic E-state index is 12.7. The molecule has 0 bridgehead atoms. The lowest BCUT2D eigenvalue weighted by molar-refractivity contribution is -0.202. The van der Waals surface area contributed by atoms with E-state index in [2.05, 4.69) is 6.07 Å². The van der Waals surface area contributed by atoms with Crippen LogP contribution < -0.4 is 0 Å². The zero-order valence-corrected chi connectivity index (χ0v) is 11.0. The Hall–Kier alpha value is -0.760. The van der Waals surface area contributed by atoms with Gasteiger partial charge in [0.25, 0.3) is 0 Å². The molecule has 2 fully saturated rings. The normalized spacial score (nSPS) is 35.6. The highest BCUT2D eigenvalue weighted by atomic mass is 19.4. The average Bonchev–Trinajstić information content (AvgIpc) is 2.39. The van der Waals surface area contributed by atoms with Crippen LogP contribution in [0.5, 0.6) is 0 Å². The molecule has 1 N–H and O–H groups in total. The second kappa shape index (κ2) is 4.97. The van der Waals surface area contributed by atoms with Gasteiger partial charge in [-0.05, 0) is 38.5 Å². The summed E-state index contributed by atoms with van der Waals surface area (Å²) in [6, 6.07) is 2.25. The van der Waals surface area contributed by atoms with Crippen molar-refractivity contribution in [1.82, 2.24) is 0 Å². The van der Waals surface area contributed by atoms with Gasteiger partial charge in [-0.3, -0.25) is 0 Å². The Balaban J connectivity index is 2.10. The molecule has 0 aromatic rings. The summed E-state index contributed by atoms with van der Waals surface area (Å²) in [4.78, 5) is 0. The predicted octanol–water partition coefficient (Wildman–Crippen LogP) is 3.94. The lowest BCUT2D eigenvalue weighted by Crippen LogP contribution is -2.51. The number of aliphatic hydroxyl groups is 1. The Morgan fingerprint density at radius 3 is 1.95 bits per heavy atom. The standard InChI is InChI=1S/C14H20F3NO/c15-14(16,17)11-4-8-13(19,9-5-11)12(10-18)6-2-1-3-7-12/h11,19H,1-9H2. The lowest BCUT2D eigenvalue weighted by Gasteiger charge is -2.48. The van der Waals surface area contributed by atoms with E-state index in [-0.39, 0.29) is 25.7 Å². The van der Waals surface area contributed by atoms with Gasteiger partial charge in [-0.1, -0.05) is 19.3 Å². The second-order valence-corrected chi connectivity index (χ2v) is 6.10. The van der Waals surface area contributed by atoms with Crippen molar-refractivity contribution < 1.29 is 18.3 Å². The topological polar surface area (TPSA) is 44.0 Å². The van der Waals surface area contributed by atoms with Crippen molar-refractivity contribution in [2.75, 3.05) is 0 Å². The summed E-state index contributed by atoms with van der Waals surface area (Å²) in [6.45, 7) is 0. The van der Waals surface area contributed by atoms with Gasteiger partial charge in [0.15, 0.2) is 0 Å². The van der Waals surface area contributed by atoms with Crippen LogP contribution in [0.3, 0.4) is 0 Å². The third-order valence-electron chi connectivity index (χ3n) is 5.09. The lowest BCUT2D eigenvalue weighted by atomic mass is 9.58. The summed E-state index contributed by atoms with van der Waals surface area (Å²) in [5.74, 6) is -1.31. The van der Waals surface area contributed by atoms with Crippen LogP contribution in [0.1, 0.15) is 57.8 Å². The van der Waals surface area contributed by atoms with E-state index in [9.17, 15) is 23.5 Å². The van der Waals surface area contributed by atoms with Crippen LogP contribution in [-0.2, 0) is 0 Å². The van der Waals surface area contributed by atoms with Crippen molar-refractivity contribution >= 4 is 0 Å². The highest BCUT2D eigenvalue weighted by molar-refractivity contribution is 5.13. The summed E-state index contributed by atoms with van der Waals surface area (Å²) in [5, 5.41) is 20.2. The van der Waals surface area contributed by atoms with E-state index in [1.54, 1.807) is 0 Å². The molecular weight excluding hydrogens is 255 g/mol. The molecule has 108 valence electrons. The van der Waals surface area contributed by atoms with Crippen LogP contribution >= 0.6 is 0 Å². The van der Waals surface area contributed by atoms with Crippen molar-refractivity contribution in [2.24, 2.45) is 11.3 Å². The highest BCUT2D eigenvalue weighted by Crippen LogP contribution is 2.53. The van der Waals surface area contributed by atoms with Crippen molar-refractivity contribution in [3.63, 3.8) is 0 Å². The number of hydrogen-bond acceptors (Lipinski definition) is 2. The summed E-state index contributed by atoms with van der Waals surface area (Å²) in [5.41, 5.74) is -2.04. The van der Waals surface area contributed by atoms with Gasteiger partial charge in [0.2, 0.25) is 0 Å². The van der Waals surface area contributed by atoms with Crippen LogP contribution in [0.2, 0.25) is 0 Å². The minimum atomic E-state index is -4.17. The molecule has 0 aromatic heterocycles. The smallest absolute Gasteiger partial charge is 0.388 e. The first-order chi connectivity index (χ1) is 8.83. The molecule has 0 atom stereocenters. The largest absolute Gasteiger partial charge is 0.391 e. The first kappa shape index (κ1) is 14.6. The fraction of sp³-hybridized carbons (Fsp3) is 0.929. The van der Waals surface area contributed by atoms with Crippen LogP contribution in [0.15, 0.2) is 0 Å². The molecule has 2 saturated carbocycles. The van der Waals surface area contributed by atoms with Gasteiger partial charge in [-0.15, -0.1) is 0 Å². The van der Waals surface area contributed by atoms with Crippen molar-refractivity contribution in [1.29, 1.82) is 5.26 Å². The molecule has 19 heavy (non-hydrogen) atoms. The molecule has 0 heterocycles. The molecule has 2 nitrogen and oxygen atoms in total. The Kier molecular flexibility index (Phi) is 3.83. The van der Waals surface area contributed by atoms with Gasteiger partial charge in [0.05, 0.1) is 23.0 Å². The van der Waals surface area contributed by atoms with Gasteiger partial charge in [-0.2, -0.15) is 18.4 Å². The number of nitrogens with zero attached hydrogens (tertiary/aromatic N) is 1. The average molecular weight is 275 g/mol. The van der Waals surface area contributed by atoms with Crippen molar-refractivity contribution in [3.8, 4) is 6.07 Å². The summed E-state index contributed by atoms with van der Waals surface area (Å²) >= 11 is 0. The Bertz CT molecular complexity index is 358. The molecule has 0 aliphatic heterocycles. The van der Waals surface area contributed by atoms with Crippen LogP contribution in [-0.4, -0.2) is 16.9 Å². The van der Waals surface area contributed by atoms with Crippen LogP contribution in [0.25, 0.3) is 0 Å². The molecule has 0 radical (unpaired) electrons. The summed E-state index contributed by atoms with van der Waals surface area (Å²) < 4.78 is 38.0. The van der Waals surface area contributed by atoms with Gasteiger partial charge in [0, 0.05) is 0 Å². The van der Waals surface area contributed by atoms with E-state index in [0.717, 1.165) is 19.3 Å². The third kappa shape index (κ3) is 2.60. The van der Waals surface area contributed by atoms with E-state index in [1.807, 2.05) is 0 Å². The van der Waals surface area contributed by atoms with Gasteiger partial charge >= 0.3 is 6.18 Å². The molecule has 0 spiro atoms. The molecule has 2 rings (SSSR count). The fourth-order valence-corrected chi connectivity index (χ4v) is 3.74. The third-order valence-corrected chi connectivity index (χ3v) is 5.09. The molecule has 2 aliphatic carbocycles. The molecule has 0 unspecified atom stereocenters. The maximum Gasteiger partial charge on any atom is 0.391 e. The van der Waals surface area contributed by atoms with Gasteiger partial charge < -0.3 is 5.11 Å². The summed E-state index contributed by atoms with van der Waals surface area (Å²) in [6.07, 6.45) is -0.00870. The van der Waals surface area contributed by atoms with E-state index in [1.165, 1.54) is 0 Å². The fourth-order valence-electron chi connectivity index (χ4n) is 3.74. The Labute approximate surface area is 111 Å². The van der Waals surface area contributed by atoms with Crippen molar-refractivity contribution in [3.05, 3.63) is 0 Å².